The van der Waals surface area contributed by atoms with Gasteiger partial charge in [-0.25, -0.2) is 9.59 Å². The first-order chi connectivity index (χ1) is 18.0. The third-order valence-corrected chi connectivity index (χ3v) is 5.62. The molecule has 0 saturated heterocycles. The number of benzene rings is 2. The number of carboxylic acids is 1. The number of amides is 1. The van der Waals surface area contributed by atoms with Crippen molar-refractivity contribution in [3.63, 3.8) is 0 Å². The minimum absolute atomic E-state index is 0.156. The van der Waals surface area contributed by atoms with Gasteiger partial charge in [-0.2, -0.15) is 0 Å². The van der Waals surface area contributed by atoms with E-state index in [2.05, 4.69) is 0 Å². The Labute approximate surface area is 234 Å². The van der Waals surface area contributed by atoms with Crippen LogP contribution < -0.4 is 9.47 Å². The molecule has 8 nitrogen and oxygen atoms in total. The largest absolute Gasteiger partial charge is 0.493 e. The Morgan fingerprint density at radius 1 is 0.947 bits per heavy atom. The van der Waals surface area contributed by atoms with E-state index in [0.29, 0.717) is 60.9 Å². The minimum Gasteiger partial charge on any atom is -0.493 e. The lowest BCUT2D eigenvalue weighted by Crippen LogP contribution is -2.37. The quantitative estimate of drug-likeness (QED) is 0.249. The predicted octanol–water partition coefficient (Wildman–Crippen LogP) is 6.36. The topological polar surface area (TPSA) is 94.5 Å². The molecular formula is C28H37Cl2NO7. The summed E-state index contributed by atoms with van der Waals surface area (Å²) >= 11 is 12.0. The fourth-order valence-electron chi connectivity index (χ4n) is 3.35. The smallest absolute Gasteiger partial charge is 0.409 e. The Bertz CT molecular complexity index is 1000. The standard InChI is InChI=1S/C28H37Cl2NO7/c1-5-35-25(26(32)33)15-20-7-9-23(10-8-20)37-14-12-31(27(34)38-19-28(2,3)4)11-6-13-36-24-17-21(29)16-22(30)18-24/h7-10,16-18,25H,5-6,11-15,19H2,1-4H3,(H,32,33). The number of aliphatic carboxylic acids is 1. The lowest BCUT2D eigenvalue weighted by molar-refractivity contribution is -0.149. The van der Waals surface area contributed by atoms with Crippen LogP contribution in [0.1, 0.15) is 39.7 Å². The number of hydrogen-bond donors (Lipinski definition) is 1. The highest BCUT2D eigenvalue weighted by Gasteiger charge is 2.20. The van der Waals surface area contributed by atoms with E-state index in [9.17, 15) is 14.7 Å². The van der Waals surface area contributed by atoms with Crippen LogP contribution >= 0.6 is 23.2 Å². The summed E-state index contributed by atoms with van der Waals surface area (Å²) < 4.78 is 22.3. The second kappa shape index (κ2) is 15.7. The SMILES string of the molecule is CCOC(Cc1ccc(OCCN(CCCOc2cc(Cl)cc(Cl)c2)C(=O)OCC(C)(C)C)cc1)C(=O)O. The van der Waals surface area contributed by atoms with Gasteiger partial charge in [0.2, 0.25) is 0 Å². The number of rotatable bonds is 15. The molecule has 38 heavy (non-hydrogen) atoms. The zero-order chi connectivity index (χ0) is 28.1. The maximum Gasteiger partial charge on any atom is 0.409 e. The summed E-state index contributed by atoms with van der Waals surface area (Å²) in [5, 5.41) is 10.2. The summed E-state index contributed by atoms with van der Waals surface area (Å²) in [4.78, 5) is 25.7. The molecule has 2 aromatic rings. The summed E-state index contributed by atoms with van der Waals surface area (Å²) in [6, 6.07) is 12.1. The van der Waals surface area contributed by atoms with E-state index in [0.717, 1.165) is 5.56 Å². The molecule has 1 amide bonds. The molecule has 1 N–H and O–H groups in total. The van der Waals surface area contributed by atoms with E-state index >= 15 is 0 Å². The van der Waals surface area contributed by atoms with Gasteiger partial charge in [0.15, 0.2) is 6.10 Å². The highest BCUT2D eigenvalue weighted by molar-refractivity contribution is 6.34. The molecule has 0 saturated carbocycles. The second-order valence-electron chi connectivity index (χ2n) is 9.89. The van der Waals surface area contributed by atoms with Crippen molar-refractivity contribution in [3.8, 4) is 11.5 Å². The molecule has 0 spiro atoms. The van der Waals surface area contributed by atoms with Gasteiger partial charge in [-0.05, 0) is 54.7 Å². The number of carboxylic acid groups (broad SMARTS) is 1. The van der Waals surface area contributed by atoms with E-state index in [1.807, 2.05) is 20.8 Å². The number of nitrogens with zero attached hydrogens (tertiary/aromatic N) is 1. The summed E-state index contributed by atoms with van der Waals surface area (Å²) in [7, 11) is 0. The van der Waals surface area contributed by atoms with Gasteiger partial charge in [-0.3, -0.25) is 0 Å². The van der Waals surface area contributed by atoms with Gasteiger partial charge in [0.1, 0.15) is 18.1 Å². The normalized spacial score (nSPS) is 12.1. The van der Waals surface area contributed by atoms with Gasteiger partial charge in [-0.15, -0.1) is 0 Å². The van der Waals surface area contributed by atoms with Crippen LogP contribution in [0.5, 0.6) is 11.5 Å². The fourth-order valence-corrected chi connectivity index (χ4v) is 3.86. The third kappa shape index (κ3) is 12.2. The molecular weight excluding hydrogens is 533 g/mol. The molecule has 2 aromatic carbocycles. The zero-order valence-electron chi connectivity index (χ0n) is 22.4. The molecule has 10 heteroatoms. The van der Waals surface area contributed by atoms with E-state index < -0.39 is 18.2 Å². The van der Waals surface area contributed by atoms with Gasteiger partial charge in [-0.1, -0.05) is 56.1 Å². The Kier molecular flexibility index (Phi) is 13.0. The van der Waals surface area contributed by atoms with Crippen LogP contribution in [0.3, 0.4) is 0 Å². The first-order valence-electron chi connectivity index (χ1n) is 12.5. The van der Waals surface area contributed by atoms with Crippen molar-refractivity contribution < 1.29 is 33.6 Å². The Hall–Kier alpha value is -2.68. The molecule has 0 aliphatic heterocycles. The van der Waals surface area contributed by atoms with Gasteiger partial charge in [0, 0.05) is 29.6 Å². The fraction of sp³-hybridized carbons (Fsp3) is 0.500. The van der Waals surface area contributed by atoms with Gasteiger partial charge in [0.05, 0.1) is 19.8 Å². The van der Waals surface area contributed by atoms with Gasteiger partial charge >= 0.3 is 12.1 Å². The van der Waals surface area contributed by atoms with Crippen LogP contribution in [-0.2, 0) is 20.7 Å². The predicted molar refractivity (Wildman–Crippen MR) is 148 cm³/mol. The molecule has 1 unspecified atom stereocenters. The molecule has 0 bridgehead atoms. The first kappa shape index (κ1) is 31.5. The van der Waals surface area contributed by atoms with Crippen molar-refractivity contribution in [1.29, 1.82) is 0 Å². The minimum atomic E-state index is -0.993. The number of ether oxygens (including phenoxy) is 4. The highest BCUT2D eigenvalue weighted by atomic mass is 35.5. The molecule has 0 heterocycles. The monoisotopic (exact) mass is 569 g/mol. The lowest BCUT2D eigenvalue weighted by atomic mass is 9.99. The second-order valence-corrected chi connectivity index (χ2v) is 10.8. The molecule has 0 aromatic heterocycles. The summed E-state index contributed by atoms with van der Waals surface area (Å²) in [6.45, 7) is 9.71. The van der Waals surface area contributed by atoms with Crippen LogP contribution in [0.4, 0.5) is 4.79 Å². The lowest BCUT2D eigenvalue weighted by Gasteiger charge is -2.25. The average Bonchev–Trinajstić information content (AvgIpc) is 2.83. The van der Waals surface area contributed by atoms with Crippen LogP contribution in [-0.4, -0.2) is 67.7 Å². The van der Waals surface area contributed by atoms with Crippen molar-refractivity contribution >= 4 is 35.3 Å². The molecule has 0 aliphatic carbocycles. The zero-order valence-corrected chi connectivity index (χ0v) is 23.9. The van der Waals surface area contributed by atoms with Crippen molar-refractivity contribution in [2.45, 2.75) is 46.6 Å². The van der Waals surface area contributed by atoms with E-state index in [4.69, 9.17) is 42.1 Å². The summed E-state index contributed by atoms with van der Waals surface area (Å²) in [6.07, 6.45) is -0.478. The molecule has 210 valence electrons. The van der Waals surface area contributed by atoms with Crippen LogP contribution in [0.15, 0.2) is 42.5 Å². The Balaban J connectivity index is 1.89. The maximum atomic E-state index is 12.8. The van der Waals surface area contributed by atoms with Crippen molar-refractivity contribution in [2.24, 2.45) is 5.41 Å². The van der Waals surface area contributed by atoms with E-state index in [-0.39, 0.29) is 18.4 Å². The average molecular weight is 571 g/mol. The molecule has 1 atom stereocenters. The third-order valence-electron chi connectivity index (χ3n) is 5.18. The van der Waals surface area contributed by atoms with E-state index in [1.54, 1.807) is 54.3 Å². The number of halogens is 2. The van der Waals surface area contributed by atoms with Crippen LogP contribution in [0.25, 0.3) is 0 Å². The number of carbonyl (C=O) groups excluding carboxylic acids is 1. The van der Waals surface area contributed by atoms with Crippen LogP contribution in [0, 0.1) is 5.41 Å². The molecule has 2 rings (SSSR count). The van der Waals surface area contributed by atoms with Gasteiger partial charge in [0.25, 0.3) is 0 Å². The Morgan fingerprint density at radius 3 is 2.16 bits per heavy atom. The van der Waals surface area contributed by atoms with Gasteiger partial charge < -0.3 is 29.0 Å². The number of carbonyl (C=O) groups is 2. The highest BCUT2D eigenvalue weighted by Crippen LogP contribution is 2.24. The Morgan fingerprint density at radius 2 is 1.58 bits per heavy atom. The van der Waals surface area contributed by atoms with Crippen molar-refractivity contribution in [1.82, 2.24) is 4.90 Å². The summed E-state index contributed by atoms with van der Waals surface area (Å²) in [5.41, 5.74) is 0.669. The molecule has 0 radical (unpaired) electrons. The maximum absolute atomic E-state index is 12.8. The van der Waals surface area contributed by atoms with Crippen LogP contribution in [0.2, 0.25) is 10.0 Å². The first-order valence-corrected chi connectivity index (χ1v) is 13.3. The van der Waals surface area contributed by atoms with Crippen molar-refractivity contribution in [3.05, 3.63) is 58.1 Å². The summed E-state index contributed by atoms with van der Waals surface area (Å²) in [5.74, 6) is 0.181. The van der Waals surface area contributed by atoms with E-state index in [1.165, 1.54) is 0 Å². The van der Waals surface area contributed by atoms with Crippen molar-refractivity contribution in [2.75, 3.05) is 39.5 Å². The molecule has 0 aliphatic rings. The molecule has 0 fully saturated rings. The number of hydrogen-bond acceptors (Lipinski definition) is 6.